The van der Waals surface area contributed by atoms with E-state index in [0.29, 0.717) is 11.8 Å². The van der Waals surface area contributed by atoms with Gasteiger partial charge in [0.05, 0.1) is 11.5 Å². The van der Waals surface area contributed by atoms with Gasteiger partial charge < -0.3 is 0 Å². The summed E-state index contributed by atoms with van der Waals surface area (Å²) in [5, 5.41) is 9.27. The number of hydrogen-bond acceptors (Lipinski definition) is 1. The predicted octanol–water partition coefficient (Wildman–Crippen LogP) is 3.34. The number of hydrogen-bond donors (Lipinski definition) is 0. The first-order valence-electron chi connectivity index (χ1n) is 5.28. The first-order chi connectivity index (χ1) is 6.30. The van der Waals surface area contributed by atoms with Crippen molar-refractivity contribution in [3.8, 4) is 6.07 Å². The smallest absolute Gasteiger partial charge is 0.0692 e. The lowest BCUT2D eigenvalue weighted by Crippen LogP contribution is -2.26. The van der Waals surface area contributed by atoms with Crippen molar-refractivity contribution in [2.45, 2.75) is 38.5 Å². The molecule has 13 heavy (non-hydrogen) atoms. The maximum absolute atomic E-state index is 9.27. The Bertz CT molecular complexity index is 233. The van der Waals surface area contributed by atoms with E-state index in [-0.39, 0.29) is 5.41 Å². The van der Waals surface area contributed by atoms with Crippen LogP contribution in [0.1, 0.15) is 38.5 Å². The van der Waals surface area contributed by atoms with Gasteiger partial charge in [0, 0.05) is 5.88 Å². The fourth-order valence-electron chi connectivity index (χ4n) is 3.33. The van der Waals surface area contributed by atoms with Gasteiger partial charge in [-0.3, -0.25) is 0 Å². The molecule has 3 atom stereocenters. The van der Waals surface area contributed by atoms with Crippen molar-refractivity contribution in [3.63, 3.8) is 0 Å². The quantitative estimate of drug-likeness (QED) is 0.637. The van der Waals surface area contributed by atoms with E-state index in [1.807, 2.05) is 0 Å². The molecule has 0 aromatic rings. The standard InChI is InChI=1S/C11H16ClN/c12-5-1-4-11(8-13)7-9-2-3-10(11)6-9/h9-10H,1-7H2. The third-order valence-electron chi connectivity index (χ3n) is 3.95. The van der Waals surface area contributed by atoms with Gasteiger partial charge in [0.1, 0.15) is 0 Å². The average Bonchev–Trinajstić information content (AvgIpc) is 2.74. The molecule has 2 rings (SSSR count). The van der Waals surface area contributed by atoms with Crippen LogP contribution in [0.3, 0.4) is 0 Å². The first kappa shape index (κ1) is 9.34. The molecule has 2 bridgehead atoms. The number of rotatable bonds is 3. The van der Waals surface area contributed by atoms with Crippen molar-refractivity contribution in [2.75, 3.05) is 5.88 Å². The minimum atomic E-state index is 0.0256. The lowest BCUT2D eigenvalue weighted by Gasteiger charge is -2.30. The number of nitrogens with zero attached hydrogens (tertiary/aromatic N) is 1. The van der Waals surface area contributed by atoms with E-state index < -0.39 is 0 Å². The summed E-state index contributed by atoms with van der Waals surface area (Å²) in [4.78, 5) is 0. The molecule has 1 nitrogen and oxygen atoms in total. The highest BCUT2D eigenvalue weighted by molar-refractivity contribution is 6.17. The molecule has 0 aliphatic heterocycles. The Kier molecular flexibility index (Phi) is 2.51. The van der Waals surface area contributed by atoms with E-state index in [1.54, 1.807) is 0 Å². The molecule has 0 saturated heterocycles. The second-order valence-electron chi connectivity index (χ2n) is 4.64. The SMILES string of the molecule is N#CC1(CCCCl)CC2CCC1C2. The van der Waals surface area contributed by atoms with Gasteiger partial charge in [-0.05, 0) is 43.9 Å². The van der Waals surface area contributed by atoms with Gasteiger partial charge in [-0.2, -0.15) is 5.26 Å². The maximum atomic E-state index is 9.27. The molecule has 0 heterocycles. The number of nitriles is 1. The monoisotopic (exact) mass is 197 g/mol. The Morgan fingerprint density at radius 2 is 2.31 bits per heavy atom. The fourth-order valence-corrected chi connectivity index (χ4v) is 3.46. The lowest BCUT2D eigenvalue weighted by molar-refractivity contribution is 0.222. The second-order valence-corrected chi connectivity index (χ2v) is 5.02. The summed E-state index contributed by atoms with van der Waals surface area (Å²) < 4.78 is 0. The van der Waals surface area contributed by atoms with Crippen molar-refractivity contribution in [1.29, 1.82) is 5.26 Å². The van der Waals surface area contributed by atoms with Crippen LogP contribution in [-0.2, 0) is 0 Å². The Labute approximate surface area is 85.1 Å². The van der Waals surface area contributed by atoms with Gasteiger partial charge in [0.25, 0.3) is 0 Å². The summed E-state index contributed by atoms with van der Waals surface area (Å²) in [6.07, 6.45) is 7.18. The molecule has 0 N–H and O–H groups in total. The minimum absolute atomic E-state index is 0.0256. The van der Waals surface area contributed by atoms with Crippen LogP contribution in [0.25, 0.3) is 0 Å². The molecule has 2 aliphatic rings. The Hall–Kier alpha value is -0.220. The van der Waals surface area contributed by atoms with Gasteiger partial charge >= 0.3 is 0 Å². The maximum Gasteiger partial charge on any atom is 0.0692 e. The normalized spacial score (nSPS) is 42.2. The molecule has 72 valence electrons. The number of alkyl halides is 1. The van der Waals surface area contributed by atoms with Crippen molar-refractivity contribution < 1.29 is 0 Å². The average molecular weight is 198 g/mol. The molecule has 0 aromatic heterocycles. The summed E-state index contributed by atoms with van der Waals surface area (Å²) in [5.41, 5.74) is 0.0256. The van der Waals surface area contributed by atoms with E-state index >= 15 is 0 Å². The van der Waals surface area contributed by atoms with Gasteiger partial charge in [-0.15, -0.1) is 11.6 Å². The lowest BCUT2D eigenvalue weighted by atomic mass is 9.71. The van der Waals surface area contributed by atoms with Crippen LogP contribution in [0, 0.1) is 28.6 Å². The zero-order valence-electron chi connectivity index (χ0n) is 7.93. The number of fused-ring (bicyclic) bond motifs is 2. The van der Waals surface area contributed by atoms with E-state index in [1.165, 1.54) is 19.3 Å². The Morgan fingerprint density at radius 3 is 2.77 bits per heavy atom. The van der Waals surface area contributed by atoms with Crippen molar-refractivity contribution in [3.05, 3.63) is 0 Å². The van der Waals surface area contributed by atoms with Crippen LogP contribution in [0.5, 0.6) is 0 Å². The molecular weight excluding hydrogens is 182 g/mol. The van der Waals surface area contributed by atoms with Crippen LogP contribution >= 0.6 is 11.6 Å². The molecular formula is C11H16ClN. The molecule has 2 heteroatoms. The van der Waals surface area contributed by atoms with Crippen LogP contribution in [0.15, 0.2) is 0 Å². The summed E-state index contributed by atoms with van der Waals surface area (Å²) in [7, 11) is 0. The third kappa shape index (κ3) is 1.46. The summed E-state index contributed by atoms with van der Waals surface area (Å²) in [5.74, 6) is 2.27. The highest BCUT2D eigenvalue weighted by Gasteiger charge is 2.50. The van der Waals surface area contributed by atoms with Gasteiger partial charge in [0.15, 0.2) is 0 Å². The van der Waals surface area contributed by atoms with Crippen molar-refractivity contribution >= 4 is 11.6 Å². The highest BCUT2D eigenvalue weighted by Crippen LogP contribution is 2.57. The zero-order valence-corrected chi connectivity index (χ0v) is 8.69. The molecule has 0 radical (unpaired) electrons. The predicted molar refractivity (Wildman–Crippen MR) is 53.4 cm³/mol. The van der Waals surface area contributed by atoms with E-state index in [4.69, 9.17) is 11.6 Å². The molecule has 0 spiro atoms. The second kappa shape index (κ2) is 3.50. The summed E-state index contributed by atoms with van der Waals surface area (Å²) >= 11 is 5.69. The van der Waals surface area contributed by atoms with E-state index in [0.717, 1.165) is 25.2 Å². The van der Waals surface area contributed by atoms with Crippen molar-refractivity contribution in [2.24, 2.45) is 17.3 Å². The Morgan fingerprint density at radius 1 is 1.46 bits per heavy atom. The first-order valence-corrected chi connectivity index (χ1v) is 5.81. The molecule has 2 aliphatic carbocycles. The molecule has 0 aromatic carbocycles. The molecule has 3 unspecified atom stereocenters. The van der Waals surface area contributed by atoms with Crippen LogP contribution in [-0.4, -0.2) is 5.88 Å². The van der Waals surface area contributed by atoms with Crippen LogP contribution in [0.2, 0.25) is 0 Å². The largest absolute Gasteiger partial charge is 0.198 e. The highest BCUT2D eigenvalue weighted by atomic mass is 35.5. The molecule has 2 fully saturated rings. The zero-order chi connectivity index (χ0) is 9.31. The number of halogens is 1. The van der Waals surface area contributed by atoms with Gasteiger partial charge in [0.2, 0.25) is 0 Å². The molecule has 0 amide bonds. The van der Waals surface area contributed by atoms with Crippen LogP contribution in [0.4, 0.5) is 0 Å². The summed E-state index contributed by atoms with van der Waals surface area (Å²) in [6, 6.07) is 2.59. The minimum Gasteiger partial charge on any atom is -0.198 e. The molecule has 2 saturated carbocycles. The van der Waals surface area contributed by atoms with Gasteiger partial charge in [-0.25, -0.2) is 0 Å². The Balaban J connectivity index is 2.05. The van der Waals surface area contributed by atoms with Crippen LogP contribution < -0.4 is 0 Å². The summed E-state index contributed by atoms with van der Waals surface area (Å²) in [6.45, 7) is 0. The van der Waals surface area contributed by atoms with Gasteiger partial charge in [-0.1, -0.05) is 6.42 Å². The van der Waals surface area contributed by atoms with E-state index in [2.05, 4.69) is 6.07 Å². The van der Waals surface area contributed by atoms with E-state index in [9.17, 15) is 5.26 Å². The topological polar surface area (TPSA) is 23.8 Å². The third-order valence-corrected chi connectivity index (χ3v) is 4.22. The fraction of sp³-hybridized carbons (Fsp3) is 0.909. The van der Waals surface area contributed by atoms with Crippen molar-refractivity contribution in [1.82, 2.24) is 0 Å².